The van der Waals surface area contributed by atoms with Gasteiger partial charge in [-0.15, -0.1) is 0 Å². The normalized spacial score (nSPS) is 24.6. The van der Waals surface area contributed by atoms with Crippen LogP contribution in [0.15, 0.2) is 11.1 Å². The molecule has 0 radical (unpaired) electrons. The van der Waals surface area contributed by atoms with Crippen molar-refractivity contribution < 1.29 is 4.79 Å². The van der Waals surface area contributed by atoms with Crippen molar-refractivity contribution in [1.29, 1.82) is 0 Å². The summed E-state index contributed by atoms with van der Waals surface area (Å²) in [4.78, 5) is 11.5. The molecule has 2 unspecified atom stereocenters. The first-order chi connectivity index (χ1) is 6.56. The van der Waals surface area contributed by atoms with Gasteiger partial charge >= 0.3 is 0 Å². The van der Waals surface area contributed by atoms with Crippen LogP contribution < -0.4 is 0 Å². The Kier molecular flexibility index (Phi) is 3.91. The first-order valence-electron chi connectivity index (χ1n) is 5.79. The van der Waals surface area contributed by atoms with Gasteiger partial charge in [0.05, 0.1) is 0 Å². The summed E-state index contributed by atoms with van der Waals surface area (Å²) in [5.74, 6) is 1.61. The Labute approximate surface area is 87.6 Å². The van der Waals surface area contributed by atoms with Crippen LogP contribution in [0.25, 0.3) is 0 Å². The van der Waals surface area contributed by atoms with Crippen molar-refractivity contribution in [2.75, 3.05) is 0 Å². The van der Waals surface area contributed by atoms with Gasteiger partial charge in [0.1, 0.15) is 0 Å². The second-order valence-corrected chi connectivity index (χ2v) is 4.78. The number of allylic oxidation sites excluding steroid dienone is 2. The van der Waals surface area contributed by atoms with Crippen molar-refractivity contribution in [2.45, 2.75) is 53.4 Å². The van der Waals surface area contributed by atoms with Gasteiger partial charge in [0.15, 0.2) is 5.78 Å². The third-order valence-electron chi connectivity index (χ3n) is 3.34. The van der Waals surface area contributed by atoms with Gasteiger partial charge in [-0.05, 0) is 30.8 Å². The Hall–Kier alpha value is -0.590. The van der Waals surface area contributed by atoms with Crippen molar-refractivity contribution in [2.24, 2.45) is 11.8 Å². The molecule has 0 heterocycles. The lowest BCUT2D eigenvalue weighted by molar-refractivity contribution is -0.115. The number of hydrogen-bond donors (Lipinski definition) is 0. The minimum absolute atomic E-state index is 0.371. The number of Topliss-reactive ketones (excluding diaryl/α,β-unsaturated/α-hetero) is 1. The van der Waals surface area contributed by atoms with E-state index in [9.17, 15) is 4.79 Å². The molecule has 0 saturated heterocycles. The van der Waals surface area contributed by atoms with Gasteiger partial charge in [-0.2, -0.15) is 0 Å². The maximum absolute atomic E-state index is 11.5. The number of carbonyl (C=O) groups excluding carboxylic acids is 1. The first-order valence-corrected chi connectivity index (χ1v) is 5.79. The zero-order valence-electron chi connectivity index (χ0n) is 9.89. The van der Waals surface area contributed by atoms with E-state index in [4.69, 9.17) is 0 Å². The molecule has 0 spiro atoms. The number of ketones is 1. The van der Waals surface area contributed by atoms with Gasteiger partial charge in [0.2, 0.25) is 0 Å². The molecule has 1 aliphatic rings. The van der Waals surface area contributed by atoms with Gasteiger partial charge in [0.25, 0.3) is 0 Å². The molecule has 1 aliphatic carbocycles. The SMILES string of the molecule is CCCC(C)CC1=C(C)C(=O)CC1C. The monoisotopic (exact) mass is 194 g/mol. The topological polar surface area (TPSA) is 17.1 Å². The third kappa shape index (κ3) is 2.46. The van der Waals surface area contributed by atoms with Crippen molar-refractivity contribution in [3.8, 4) is 0 Å². The number of rotatable bonds is 4. The van der Waals surface area contributed by atoms with Crippen molar-refractivity contribution >= 4 is 5.78 Å². The Morgan fingerprint density at radius 1 is 1.50 bits per heavy atom. The van der Waals surface area contributed by atoms with Crippen molar-refractivity contribution in [3.63, 3.8) is 0 Å². The molecule has 0 aliphatic heterocycles. The summed E-state index contributed by atoms with van der Waals surface area (Å²) >= 11 is 0. The zero-order chi connectivity index (χ0) is 10.7. The number of carbonyl (C=O) groups is 1. The highest BCUT2D eigenvalue weighted by Crippen LogP contribution is 2.33. The average Bonchev–Trinajstić information content (AvgIpc) is 2.33. The van der Waals surface area contributed by atoms with E-state index in [0.29, 0.717) is 11.7 Å². The quantitative estimate of drug-likeness (QED) is 0.666. The van der Waals surface area contributed by atoms with E-state index in [2.05, 4.69) is 20.8 Å². The minimum atomic E-state index is 0.371. The second-order valence-electron chi connectivity index (χ2n) is 4.78. The zero-order valence-corrected chi connectivity index (χ0v) is 9.89. The minimum Gasteiger partial charge on any atom is -0.295 e. The molecule has 0 aromatic carbocycles. The lowest BCUT2D eigenvalue weighted by Crippen LogP contribution is -2.01. The van der Waals surface area contributed by atoms with Crippen LogP contribution in [0, 0.1) is 11.8 Å². The lowest BCUT2D eigenvalue weighted by atomic mass is 9.91. The predicted molar refractivity (Wildman–Crippen MR) is 60.2 cm³/mol. The Morgan fingerprint density at radius 2 is 2.14 bits per heavy atom. The van der Waals surface area contributed by atoms with Crippen molar-refractivity contribution in [3.05, 3.63) is 11.1 Å². The molecule has 0 bridgehead atoms. The van der Waals surface area contributed by atoms with E-state index in [1.165, 1.54) is 18.4 Å². The van der Waals surface area contributed by atoms with E-state index >= 15 is 0 Å². The molecule has 1 nitrogen and oxygen atoms in total. The highest BCUT2D eigenvalue weighted by atomic mass is 16.1. The van der Waals surface area contributed by atoms with Crippen LogP contribution in [0.1, 0.15) is 53.4 Å². The molecule has 14 heavy (non-hydrogen) atoms. The first kappa shape index (κ1) is 11.5. The smallest absolute Gasteiger partial charge is 0.159 e. The summed E-state index contributed by atoms with van der Waals surface area (Å²) < 4.78 is 0. The fourth-order valence-electron chi connectivity index (χ4n) is 2.43. The summed E-state index contributed by atoms with van der Waals surface area (Å²) in [5.41, 5.74) is 2.48. The maximum Gasteiger partial charge on any atom is 0.159 e. The number of hydrogen-bond acceptors (Lipinski definition) is 1. The van der Waals surface area contributed by atoms with Crippen LogP contribution in [-0.2, 0) is 4.79 Å². The van der Waals surface area contributed by atoms with E-state index < -0.39 is 0 Å². The van der Waals surface area contributed by atoms with Gasteiger partial charge in [-0.25, -0.2) is 0 Å². The fraction of sp³-hybridized carbons (Fsp3) is 0.769. The van der Waals surface area contributed by atoms with Crippen molar-refractivity contribution in [1.82, 2.24) is 0 Å². The molecule has 0 amide bonds. The maximum atomic E-state index is 11.5. The van der Waals surface area contributed by atoms with E-state index in [0.717, 1.165) is 24.3 Å². The molecule has 0 N–H and O–H groups in total. The van der Waals surface area contributed by atoms with Crippen LogP contribution in [-0.4, -0.2) is 5.78 Å². The molecule has 0 aromatic heterocycles. The Balaban J connectivity index is 2.63. The lowest BCUT2D eigenvalue weighted by Gasteiger charge is -2.14. The van der Waals surface area contributed by atoms with Gasteiger partial charge in [-0.1, -0.05) is 39.2 Å². The van der Waals surface area contributed by atoms with Gasteiger partial charge in [-0.3, -0.25) is 4.79 Å². The molecule has 1 heteroatoms. The fourth-order valence-corrected chi connectivity index (χ4v) is 2.43. The molecule has 0 saturated carbocycles. The third-order valence-corrected chi connectivity index (χ3v) is 3.34. The highest BCUT2D eigenvalue weighted by molar-refractivity contribution is 5.98. The summed E-state index contributed by atoms with van der Waals surface area (Å²) in [6.45, 7) is 8.70. The summed E-state index contributed by atoms with van der Waals surface area (Å²) in [6, 6.07) is 0. The van der Waals surface area contributed by atoms with Crippen LogP contribution in [0.4, 0.5) is 0 Å². The van der Waals surface area contributed by atoms with Crippen LogP contribution in [0.5, 0.6) is 0 Å². The standard InChI is InChI=1S/C13H22O/c1-5-6-9(2)7-12-10(3)8-13(14)11(12)4/h9-10H,5-8H2,1-4H3. The summed E-state index contributed by atoms with van der Waals surface area (Å²) in [5, 5.41) is 0. The van der Waals surface area contributed by atoms with Gasteiger partial charge in [0, 0.05) is 6.42 Å². The molecule has 2 atom stereocenters. The van der Waals surface area contributed by atoms with E-state index in [1.807, 2.05) is 6.92 Å². The van der Waals surface area contributed by atoms with E-state index in [-0.39, 0.29) is 0 Å². The molecule has 1 rings (SSSR count). The summed E-state index contributed by atoms with van der Waals surface area (Å²) in [7, 11) is 0. The van der Waals surface area contributed by atoms with Crippen LogP contribution in [0.2, 0.25) is 0 Å². The Morgan fingerprint density at radius 3 is 2.57 bits per heavy atom. The highest BCUT2D eigenvalue weighted by Gasteiger charge is 2.26. The largest absolute Gasteiger partial charge is 0.295 e. The molecular weight excluding hydrogens is 172 g/mol. The van der Waals surface area contributed by atoms with Crippen LogP contribution in [0.3, 0.4) is 0 Å². The predicted octanol–water partition coefficient (Wildman–Crippen LogP) is 3.74. The molecule has 0 fully saturated rings. The second kappa shape index (κ2) is 4.77. The molecular formula is C13H22O. The molecule has 80 valence electrons. The van der Waals surface area contributed by atoms with Gasteiger partial charge < -0.3 is 0 Å². The van der Waals surface area contributed by atoms with E-state index in [1.54, 1.807) is 0 Å². The summed E-state index contributed by atoms with van der Waals surface area (Å²) in [6.07, 6.45) is 4.40. The Bertz CT molecular complexity index is 250. The average molecular weight is 194 g/mol. The van der Waals surface area contributed by atoms with Crippen LogP contribution >= 0.6 is 0 Å². The molecule has 0 aromatic rings.